The zero-order valence-electron chi connectivity index (χ0n) is 11.1. The first-order valence-corrected chi connectivity index (χ1v) is 7.35. The van der Waals surface area contributed by atoms with Crippen molar-refractivity contribution < 1.29 is 0 Å². The van der Waals surface area contributed by atoms with Crippen LogP contribution in [0, 0.1) is 11.8 Å². The Morgan fingerprint density at radius 2 is 1.78 bits per heavy atom. The third kappa shape index (κ3) is 2.45. The number of benzene rings is 1. The summed E-state index contributed by atoms with van der Waals surface area (Å²) in [5, 5.41) is 0. The molecule has 0 aromatic heterocycles. The van der Waals surface area contributed by atoms with Gasteiger partial charge in [0.05, 0.1) is 0 Å². The van der Waals surface area contributed by atoms with Crippen LogP contribution in [0.1, 0.15) is 24.8 Å². The van der Waals surface area contributed by atoms with E-state index in [0.29, 0.717) is 6.04 Å². The molecular formula is C16H24N2. The minimum atomic E-state index is 0.540. The van der Waals surface area contributed by atoms with Crippen molar-refractivity contribution in [3.8, 4) is 0 Å². The molecule has 1 saturated carbocycles. The number of hydrogen-bond donors (Lipinski definition) is 1. The molecule has 3 rings (SSSR count). The van der Waals surface area contributed by atoms with Crippen molar-refractivity contribution in [2.75, 3.05) is 19.6 Å². The number of nitrogens with zero attached hydrogens (tertiary/aromatic N) is 1. The summed E-state index contributed by atoms with van der Waals surface area (Å²) in [5.41, 5.74) is 7.43. The number of hydrogen-bond acceptors (Lipinski definition) is 2. The summed E-state index contributed by atoms with van der Waals surface area (Å²) in [4.78, 5) is 2.65. The predicted molar refractivity (Wildman–Crippen MR) is 75.4 cm³/mol. The quantitative estimate of drug-likeness (QED) is 0.880. The van der Waals surface area contributed by atoms with Gasteiger partial charge in [-0.2, -0.15) is 0 Å². The van der Waals surface area contributed by atoms with Crippen LogP contribution in [0.15, 0.2) is 30.3 Å². The lowest BCUT2D eigenvalue weighted by atomic mass is 10.0. The lowest BCUT2D eigenvalue weighted by molar-refractivity contribution is 0.227. The van der Waals surface area contributed by atoms with Crippen molar-refractivity contribution in [3.63, 3.8) is 0 Å². The van der Waals surface area contributed by atoms with Gasteiger partial charge in [0, 0.05) is 25.7 Å². The summed E-state index contributed by atoms with van der Waals surface area (Å²) >= 11 is 0. The summed E-state index contributed by atoms with van der Waals surface area (Å²) in [6.45, 7) is 3.37. The summed E-state index contributed by atoms with van der Waals surface area (Å²) in [7, 11) is 0. The maximum atomic E-state index is 6.01. The van der Waals surface area contributed by atoms with Crippen LogP contribution in [0.2, 0.25) is 0 Å². The highest BCUT2D eigenvalue weighted by molar-refractivity contribution is 5.16. The molecule has 3 atom stereocenters. The molecule has 2 aliphatic rings. The summed E-state index contributed by atoms with van der Waals surface area (Å²) in [5.74, 6) is 1.93. The molecule has 1 heterocycles. The van der Waals surface area contributed by atoms with Crippen molar-refractivity contribution in [2.45, 2.75) is 31.7 Å². The predicted octanol–water partition coefficient (Wildman–Crippen LogP) is 2.29. The highest BCUT2D eigenvalue weighted by atomic mass is 15.2. The molecule has 0 spiro atoms. The van der Waals surface area contributed by atoms with Crippen molar-refractivity contribution in [3.05, 3.63) is 35.9 Å². The van der Waals surface area contributed by atoms with Crippen LogP contribution < -0.4 is 5.73 Å². The molecule has 2 N–H and O–H groups in total. The van der Waals surface area contributed by atoms with Gasteiger partial charge in [-0.25, -0.2) is 0 Å². The Hall–Kier alpha value is -0.860. The van der Waals surface area contributed by atoms with Crippen LogP contribution >= 0.6 is 0 Å². The second kappa shape index (κ2) is 5.41. The normalized spacial score (nSPS) is 29.4. The van der Waals surface area contributed by atoms with E-state index in [4.69, 9.17) is 5.73 Å². The van der Waals surface area contributed by atoms with Gasteiger partial charge in [-0.3, -0.25) is 4.90 Å². The average molecular weight is 244 g/mol. The minimum Gasteiger partial charge on any atom is -0.329 e. The molecule has 1 aliphatic carbocycles. The van der Waals surface area contributed by atoms with Crippen LogP contribution in [0.3, 0.4) is 0 Å². The van der Waals surface area contributed by atoms with E-state index in [1.54, 1.807) is 0 Å². The molecule has 1 aliphatic heterocycles. The van der Waals surface area contributed by atoms with Crippen LogP contribution in [0.5, 0.6) is 0 Å². The Balaban J connectivity index is 1.63. The van der Waals surface area contributed by atoms with E-state index in [-0.39, 0.29) is 0 Å². The fraction of sp³-hybridized carbons (Fsp3) is 0.625. The first-order valence-electron chi connectivity index (χ1n) is 7.35. The molecule has 1 saturated heterocycles. The Kier molecular flexibility index (Phi) is 3.67. The number of nitrogens with two attached hydrogens (primary N) is 1. The smallest absolute Gasteiger partial charge is 0.0258 e. The zero-order chi connectivity index (χ0) is 12.4. The second-order valence-electron chi connectivity index (χ2n) is 5.98. The zero-order valence-corrected chi connectivity index (χ0v) is 11.1. The van der Waals surface area contributed by atoms with E-state index >= 15 is 0 Å². The molecule has 2 fully saturated rings. The Labute approximate surface area is 110 Å². The topological polar surface area (TPSA) is 29.3 Å². The van der Waals surface area contributed by atoms with E-state index in [1.807, 2.05) is 0 Å². The Morgan fingerprint density at radius 3 is 2.39 bits per heavy atom. The van der Waals surface area contributed by atoms with Gasteiger partial charge >= 0.3 is 0 Å². The van der Waals surface area contributed by atoms with Crippen molar-refractivity contribution in [1.29, 1.82) is 0 Å². The number of rotatable bonds is 4. The van der Waals surface area contributed by atoms with Gasteiger partial charge in [0.2, 0.25) is 0 Å². The van der Waals surface area contributed by atoms with E-state index in [2.05, 4.69) is 35.2 Å². The molecular weight excluding hydrogens is 220 g/mol. The van der Waals surface area contributed by atoms with Crippen molar-refractivity contribution in [1.82, 2.24) is 4.90 Å². The Bertz CT molecular complexity index is 364. The highest BCUT2D eigenvalue weighted by Gasteiger charge is 2.38. The molecule has 3 unspecified atom stereocenters. The van der Waals surface area contributed by atoms with Crippen LogP contribution in [0.25, 0.3) is 0 Å². The SMILES string of the molecule is NCC(Cc1ccccc1)N1CC2CCCC2C1. The first kappa shape index (κ1) is 12.2. The molecule has 2 nitrogen and oxygen atoms in total. The number of fused-ring (bicyclic) bond motifs is 1. The molecule has 0 radical (unpaired) electrons. The van der Waals surface area contributed by atoms with Crippen LogP contribution in [-0.2, 0) is 6.42 Å². The van der Waals surface area contributed by atoms with E-state index in [9.17, 15) is 0 Å². The lowest BCUT2D eigenvalue weighted by Gasteiger charge is -2.27. The molecule has 0 bridgehead atoms. The summed E-state index contributed by atoms with van der Waals surface area (Å²) in [6.07, 6.45) is 5.46. The third-order valence-corrected chi connectivity index (χ3v) is 4.86. The summed E-state index contributed by atoms with van der Waals surface area (Å²) < 4.78 is 0. The van der Waals surface area contributed by atoms with Gasteiger partial charge in [-0.1, -0.05) is 36.8 Å². The highest BCUT2D eigenvalue weighted by Crippen LogP contribution is 2.38. The van der Waals surface area contributed by atoms with Gasteiger partial charge in [-0.15, -0.1) is 0 Å². The maximum Gasteiger partial charge on any atom is 0.0258 e. The van der Waals surface area contributed by atoms with Crippen molar-refractivity contribution in [2.24, 2.45) is 17.6 Å². The molecule has 0 amide bonds. The van der Waals surface area contributed by atoms with Gasteiger partial charge in [0.1, 0.15) is 0 Å². The first-order chi connectivity index (χ1) is 8.86. The third-order valence-electron chi connectivity index (χ3n) is 4.86. The van der Waals surface area contributed by atoms with Gasteiger partial charge in [-0.05, 0) is 36.7 Å². The van der Waals surface area contributed by atoms with Crippen molar-refractivity contribution >= 4 is 0 Å². The molecule has 2 heteroatoms. The molecule has 1 aromatic rings. The van der Waals surface area contributed by atoms with Gasteiger partial charge < -0.3 is 5.73 Å². The number of likely N-dealkylation sites (tertiary alicyclic amines) is 1. The van der Waals surface area contributed by atoms with E-state index < -0.39 is 0 Å². The monoisotopic (exact) mass is 244 g/mol. The standard InChI is InChI=1S/C16H24N2/c17-10-16(9-13-5-2-1-3-6-13)18-11-14-7-4-8-15(14)12-18/h1-3,5-6,14-16H,4,7-12,17H2. The Morgan fingerprint density at radius 1 is 1.11 bits per heavy atom. The van der Waals surface area contributed by atoms with E-state index in [0.717, 1.165) is 24.8 Å². The van der Waals surface area contributed by atoms with Gasteiger partial charge in [0.15, 0.2) is 0 Å². The second-order valence-corrected chi connectivity index (χ2v) is 5.98. The largest absolute Gasteiger partial charge is 0.329 e. The molecule has 98 valence electrons. The lowest BCUT2D eigenvalue weighted by Crippen LogP contribution is -2.41. The van der Waals surface area contributed by atoms with Crippen LogP contribution in [0.4, 0.5) is 0 Å². The summed E-state index contributed by atoms with van der Waals surface area (Å²) in [6, 6.07) is 11.3. The maximum absolute atomic E-state index is 6.01. The fourth-order valence-electron chi connectivity index (χ4n) is 3.82. The fourth-order valence-corrected chi connectivity index (χ4v) is 3.82. The average Bonchev–Trinajstić information content (AvgIpc) is 2.98. The van der Waals surface area contributed by atoms with Gasteiger partial charge in [0.25, 0.3) is 0 Å². The van der Waals surface area contributed by atoms with Crippen LogP contribution in [-0.4, -0.2) is 30.6 Å². The minimum absolute atomic E-state index is 0.540. The molecule has 1 aromatic carbocycles. The van der Waals surface area contributed by atoms with E-state index in [1.165, 1.54) is 37.9 Å². The molecule has 18 heavy (non-hydrogen) atoms.